The molecule has 0 unspecified atom stereocenters. The minimum Gasteiger partial charge on any atom is -0.369 e. The Kier molecular flexibility index (Phi) is 5.08. The van der Waals surface area contributed by atoms with E-state index in [1.165, 1.54) is 22.1 Å². The SMILES string of the molecule is CC(=O)N(c1ccccc1)c1nc(CN(C)c2ccc3ccccc3c2)cs1. The van der Waals surface area contributed by atoms with Gasteiger partial charge in [0.15, 0.2) is 5.13 Å². The standard InChI is InChI=1S/C23H21N3OS/c1-17(27)26(21-10-4-3-5-11-21)23-24-20(16-28-23)15-25(2)22-13-12-18-8-6-7-9-19(18)14-22/h3-14,16H,15H2,1-2H3. The molecular weight excluding hydrogens is 366 g/mol. The minimum atomic E-state index is -0.0463. The fourth-order valence-electron chi connectivity index (χ4n) is 3.22. The van der Waals surface area contributed by atoms with Crippen molar-refractivity contribution in [3.63, 3.8) is 0 Å². The lowest BCUT2D eigenvalue weighted by molar-refractivity contribution is -0.115. The molecule has 1 amide bonds. The van der Waals surface area contributed by atoms with Gasteiger partial charge in [0.1, 0.15) is 0 Å². The van der Waals surface area contributed by atoms with Crippen molar-refractivity contribution in [3.05, 3.63) is 83.9 Å². The molecule has 4 rings (SSSR count). The summed E-state index contributed by atoms with van der Waals surface area (Å²) in [6, 6.07) is 24.4. The van der Waals surface area contributed by atoms with Crippen molar-refractivity contribution in [2.24, 2.45) is 0 Å². The quantitative estimate of drug-likeness (QED) is 0.446. The van der Waals surface area contributed by atoms with Crippen LogP contribution in [0.4, 0.5) is 16.5 Å². The Balaban J connectivity index is 1.55. The summed E-state index contributed by atoms with van der Waals surface area (Å²) in [4.78, 5) is 20.8. The molecule has 0 saturated heterocycles. The molecule has 0 N–H and O–H groups in total. The summed E-state index contributed by atoms with van der Waals surface area (Å²) in [7, 11) is 2.06. The Hall–Kier alpha value is -3.18. The smallest absolute Gasteiger partial charge is 0.230 e. The van der Waals surface area contributed by atoms with E-state index < -0.39 is 0 Å². The number of benzene rings is 3. The minimum absolute atomic E-state index is 0.0463. The van der Waals surface area contributed by atoms with Gasteiger partial charge in [-0.15, -0.1) is 11.3 Å². The first-order chi connectivity index (χ1) is 13.6. The number of amides is 1. The molecule has 0 aliphatic carbocycles. The molecule has 0 spiro atoms. The van der Waals surface area contributed by atoms with E-state index in [2.05, 4.69) is 54.4 Å². The Morgan fingerprint density at radius 1 is 0.929 bits per heavy atom. The molecule has 5 heteroatoms. The highest BCUT2D eigenvalue weighted by Crippen LogP contribution is 2.30. The monoisotopic (exact) mass is 387 g/mol. The van der Waals surface area contributed by atoms with Crippen LogP contribution in [0.5, 0.6) is 0 Å². The van der Waals surface area contributed by atoms with Crippen LogP contribution in [-0.4, -0.2) is 17.9 Å². The first kappa shape index (κ1) is 18.2. The zero-order chi connectivity index (χ0) is 19.5. The highest BCUT2D eigenvalue weighted by molar-refractivity contribution is 7.14. The van der Waals surface area contributed by atoms with Crippen LogP contribution in [0.2, 0.25) is 0 Å². The number of anilines is 3. The fraction of sp³-hybridized carbons (Fsp3) is 0.130. The van der Waals surface area contributed by atoms with E-state index in [-0.39, 0.29) is 5.91 Å². The van der Waals surface area contributed by atoms with Crippen LogP contribution in [0.15, 0.2) is 78.2 Å². The van der Waals surface area contributed by atoms with Crippen LogP contribution in [0, 0.1) is 0 Å². The summed E-state index contributed by atoms with van der Waals surface area (Å²) in [6.07, 6.45) is 0. The number of thiazole rings is 1. The van der Waals surface area contributed by atoms with Crippen molar-refractivity contribution in [2.45, 2.75) is 13.5 Å². The van der Waals surface area contributed by atoms with Gasteiger partial charge >= 0.3 is 0 Å². The van der Waals surface area contributed by atoms with Crippen LogP contribution in [0.1, 0.15) is 12.6 Å². The van der Waals surface area contributed by atoms with E-state index in [1.807, 2.05) is 35.7 Å². The summed E-state index contributed by atoms with van der Waals surface area (Å²) < 4.78 is 0. The average molecular weight is 388 g/mol. The van der Waals surface area contributed by atoms with Gasteiger partial charge in [0.2, 0.25) is 5.91 Å². The first-order valence-corrected chi connectivity index (χ1v) is 10.00. The highest BCUT2D eigenvalue weighted by Gasteiger charge is 2.18. The predicted molar refractivity (Wildman–Crippen MR) is 117 cm³/mol. The molecule has 3 aromatic carbocycles. The molecule has 28 heavy (non-hydrogen) atoms. The van der Waals surface area contributed by atoms with Gasteiger partial charge in [0.25, 0.3) is 0 Å². The number of aromatic nitrogens is 1. The molecule has 0 saturated carbocycles. The molecule has 4 aromatic rings. The van der Waals surface area contributed by atoms with E-state index in [0.29, 0.717) is 11.7 Å². The van der Waals surface area contributed by atoms with Gasteiger partial charge in [-0.25, -0.2) is 4.98 Å². The first-order valence-electron chi connectivity index (χ1n) is 9.12. The number of hydrogen-bond acceptors (Lipinski definition) is 4. The van der Waals surface area contributed by atoms with Crippen molar-refractivity contribution < 1.29 is 4.79 Å². The van der Waals surface area contributed by atoms with E-state index in [1.54, 1.807) is 11.8 Å². The summed E-state index contributed by atoms with van der Waals surface area (Å²) in [5.41, 5.74) is 2.91. The van der Waals surface area contributed by atoms with Gasteiger partial charge in [0, 0.05) is 25.0 Å². The Morgan fingerprint density at radius 3 is 2.39 bits per heavy atom. The Morgan fingerprint density at radius 2 is 1.64 bits per heavy atom. The van der Waals surface area contributed by atoms with Crippen LogP contribution >= 0.6 is 11.3 Å². The van der Waals surface area contributed by atoms with Crippen molar-refractivity contribution in [1.82, 2.24) is 4.98 Å². The number of fused-ring (bicyclic) bond motifs is 1. The lowest BCUT2D eigenvalue weighted by Gasteiger charge is -2.19. The molecular formula is C23H21N3OS. The van der Waals surface area contributed by atoms with E-state index in [9.17, 15) is 4.79 Å². The predicted octanol–water partition coefficient (Wildman–Crippen LogP) is 5.62. The van der Waals surface area contributed by atoms with Gasteiger partial charge in [-0.3, -0.25) is 9.69 Å². The molecule has 0 radical (unpaired) electrons. The van der Waals surface area contributed by atoms with Crippen LogP contribution in [0.25, 0.3) is 10.8 Å². The molecule has 0 fully saturated rings. The lowest BCUT2D eigenvalue weighted by Crippen LogP contribution is -2.22. The molecule has 0 bridgehead atoms. The second-order valence-corrected chi connectivity index (χ2v) is 7.54. The second kappa shape index (κ2) is 7.82. The maximum atomic E-state index is 12.2. The van der Waals surface area contributed by atoms with E-state index >= 15 is 0 Å². The zero-order valence-electron chi connectivity index (χ0n) is 15.9. The maximum Gasteiger partial charge on any atom is 0.230 e. The average Bonchev–Trinajstić information content (AvgIpc) is 3.16. The second-order valence-electron chi connectivity index (χ2n) is 6.70. The Bertz CT molecular complexity index is 1110. The topological polar surface area (TPSA) is 36.4 Å². The number of para-hydroxylation sites is 1. The van der Waals surface area contributed by atoms with Gasteiger partial charge in [-0.2, -0.15) is 0 Å². The van der Waals surface area contributed by atoms with E-state index in [0.717, 1.165) is 17.1 Å². The van der Waals surface area contributed by atoms with Crippen molar-refractivity contribution >= 4 is 44.5 Å². The number of carbonyl (C=O) groups excluding carboxylic acids is 1. The number of carbonyl (C=O) groups is 1. The van der Waals surface area contributed by atoms with Gasteiger partial charge in [-0.05, 0) is 35.0 Å². The maximum absolute atomic E-state index is 12.2. The molecule has 0 atom stereocenters. The number of nitrogens with zero attached hydrogens (tertiary/aromatic N) is 3. The largest absolute Gasteiger partial charge is 0.369 e. The Labute approximate surface area is 168 Å². The lowest BCUT2D eigenvalue weighted by atomic mass is 10.1. The molecule has 1 heterocycles. The summed E-state index contributed by atoms with van der Waals surface area (Å²) in [6.45, 7) is 2.24. The highest BCUT2D eigenvalue weighted by atomic mass is 32.1. The van der Waals surface area contributed by atoms with E-state index in [4.69, 9.17) is 4.98 Å². The summed E-state index contributed by atoms with van der Waals surface area (Å²) in [5, 5.41) is 5.17. The fourth-order valence-corrected chi connectivity index (χ4v) is 4.10. The molecule has 0 aliphatic heterocycles. The normalized spacial score (nSPS) is 10.8. The van der Waals surface area contributed by atoms with Crippen molar-refractivity contribution in [2.75, 3.05) is 16.8 Å². The van der Waals surface area contributed by atoms with Crippen LogP contribution in [0.3, 0.4) is 0 Å². The molecule has 140 valence electrons. The van der Waals surface area contributed by atoms with Gasteiger partial charge < -0.3 is 4.90 Å². The summed E-state index contributed by atoms with van der Waals surface area (Å²) in [5.74, 6) is -0.0463. The number of hydrogen-bond donors (Lipinski definition) is 0. The third-order valence-corrected chi connectivity index (χ3v) is 5.51. The zero-order valence-corrected chi connectivity index (χ0v) is 16.7. The van der Waals surface area contributed by atoms with Gasteiger partial charge in [-0.1, -0.05) is 48.5 Å². The van der Waals surface area contributed by atoms with Crippen LogP contribution in [-0.2, 0) is 11.3 Å². The number of rotatable bonds is 5. The van der Waals surface area contributed by atoms with Crippen LogP contribution < -0.4 is 9.80 Å². The molecule has 0 aliphatic rings. The molecule has 4 nitrogen and oxygen atoms in total. The summed E-state index contributed by atoms with van der Waals surface area (Å²) >= 11 is 1.49. The third kappa shape index (κ3) is 3.75. The van der Waals surface area contributed by atoms with Crippen molar-refractivity contribution in [3.8, 4) is 0 Å². The van der Waals surface area contributed by atoms with Crippen molar-refractivity contribution in [1.29, 1.82) is 0 Å². The third-order valence-electron chi connectivity index (χ3n) is 4.63. The van der Waals surface area contributed by atoms with Gasteiger partial charge in [0.05, 0.1) is 17.9 Å². The molecule has 1 aromatic heterocycles.